The highest BCUT2D eigenvalue weighted by atomic mass is 32.2. The number of aromatic nitrogens is 2. The van der Waals surface area contributed by atoms with Gasteiger partial charge in [-0.25, -0.2) is 18.1 Å². The monoisotopic (exact) mass is 309 g/mol. The van der Waals surface area contributed by atoms with Crippen molar-refractivity contribution >= 4 is 10.0 Å². The van der Waals surface area contributed by atoms with Gasteiger partial charge in [0.25, 0.3) is 10.0 Å². The van der Waals surface area contributed by atoms with E-state index in [2.05, 4.69) is 9.71 Å². The van der Waals surface area contributed by atoms with E-state index in [0.29, 0.717) is 13.0 Å². The van der Waals surface area contributed by atoms with Gasteiger partial charge >= 0.3 is 0 Å². The van der Waals surface area contributed by atoms with Crippen LogP contribution in [0.5, 0.6) is 0 Å². The molecule has 1 aromatic heterocycles. The van der Waals surface area contributed by atoms with Gasteiger partial charge in [0.2, 0.25) is 0 Å². The van der Waals surface area contributed by atoms with Gasteiger partial charge in [-0.1, -0.05) is 30.3 Å². The van der Waals surface area contributed by atoms with Gasteiger partial charge in [-0.05, 0) is 18.9 Å². The lowest BCUT2D eigenvalue weighted by atomic mass is 10.1. The summed E-state index contributed by atoms with van der Waals surface area (Å²) >= 11 is 0. The molecule has 0 saturated heterocycles. The fourth-order valence-electron chi connectivity index (χ4n) is 1.97. The summed E-state index contributed by atoms with van der Waals surface area (Å²) < 4.78 is 28.6. The predicted octanol–water partition coefficient (Wildman–Crippen LogP) is 0.785. The van der Waals surface area contributed by atoms with Crippen LogP contribution in [0.4, 0.5) is 0 Å². The Balaban J connectivity index is 2.10. The largest absolute Gasteiger partial charge is 0.395 e. The summed E-state index contributed by atoms with van der Waals surface area (Å²) in [6.45, 7) is 2.27. The average molecular weight is 309 g/mol. The van der Waals surface area contributed by atoms with Crippen molar-refractivity contribution in [3.05, 3.63) is 48.4 Å². The Bertz CT molecular complexity index is 668. The van der Waals surface area contributed by atoms with Gasteiger partial charge < -0.3 is 9.67 Å². The van der Waals surface area contributed by atoms with Gasteiger partial charge in [-0.15, -0.1) is 0 Å². The quantitative estimate of drug-likeness (QED) is 0.792. The van der Waals surface area contributed by atoms with E-state index in [1.165, 1.54) is 12.5 Å². The molecule has 2 N–H and O–H groups in total. The van der Waals surface area contributed by atoms with Crippen molar-refractivity contribution < 1.29 is 13.5 Å². The van der Waals surface area contributed by atoms with Gasteiger partial charge in [-0.3, -0.25) is 0 Å². The number of nitrogens with zero attached hydrogens (tertiary/aromatic N) is 2. The van der Waals surface area contributed by atoms with Crippen molar-refractivity contribution in [2.45, 2.75) is 31.0 Å². The molecule has 0 amide bonds. The molecular formula is C14H19N3O3S. The lowest BCUT2D eigenvalue weighted by molar-refractivity contribution is 0.256. The minimum atomic E-state index is -3.72. The van der Waals surface area contributed by atoms with Crippen molar-refractivity contribution in [3.63, 3.8) is 0 Å². The number of rotatable bonds is 7. The Morgan fingerprint density at radius 3 is 2.62 bits per heavy atom. The van der Waals surface area contributed by atoms with Crippen molar-refractivity contribution in [2.24, 2.45) is 0 Å². The molecule has 0 aliphatic heterocycles. The fraction of sp³-hybridized carbons (Fsp3) is 0.357. The molecule has 21 heavy (non-hydrogen) atoms. The number of sulfonamides is 1. The van der Waals surface area contributed by atoms with E-state index in [9.17, 15) is 13.5 Å². The zero-order valence-electron chi connectivity index (χ0n) is 11.8. The van der Waals surface area contributed by atoms with E-state index in [4.69, 9.17) is 0 Å². The molecule has 1 aromatic carbocycles. The number of nitrogens with one attached hydrogen (secondary N) is 1. The number of aryl methyl sites for hydroxylation is 1. The molecular weight excluding hydrogens is 290 g/mol. The van der Waals surface area contributed by atoms with Crippen LogP contribution in [-0.4, -0.2) is 35.7 Å². The normalized spacial score (nSPS) is 13.2. The van der Waals surface area contributed by atoms with Crippen molar-refractivity contribution in [1.29, 1.82) is 0 Å². The first-order valence-electron chi connectivity index (χ1n) is 6.74. The zero-order valence-corrected chi connectivity index (χ0v) is 12.6. The van der Waals surface area contributed by atoms with Crippen LogP contribution >= 0.6 is 0 Å². The number of aliphatic hydroxyl groups excluding tert-OH is 1. The van der Waals surface area contributed by atoms with E-state index >= 15 is 0 Å². The van der Waals surface area contributed by atoms with Gasteiger partial charge in [0.1, 0.15) is 0 Å². The molecule has 1 unspecified atom stereocenters. The Morgan fingerprint density at radius 2 is 2.05 bits per heavy atom. The molecule has 114 valence electrons. The molecule has 0 saturated carbocycles. The molecule has 0 aliphatic carbocycles. The molecule has 2 rings (SSSR count). The second-order valence-electron chi connectivity index (χ2n) is 4.73. The minimum absolute atomic E-state index is 0.0316. The second-order valence-corrected chi connectivity index (χ2v) is 6.39. The molecule has 0 fully saturated rings. The molecule has 0 bridgehead atoms. The molecule has 2 aromatic rings. The summed E-state index contributed by atoms with van der Waals surface area (Å²) in [5.41, 5.74) is 0.957. The highest BCUT2D eigenvalue weighted by Crippen LogP contribution is 2.09. The van der Waals surface area contributed by atoms with E-state index in [1.54, 1.807) is 4.57 Å². The first kappa shape index (κ1) is 15.7. The Morgan fingerprint density at radius 1 is 1.33 bits per heavy atom. The van der Waals surface area contributed by atoms with Gasteiger partial charge in [0.05, 0.1) is 12.9 Å². The van der Waals surface area contributed by atoms with Gasteiger partial charge in [0.15, 0.2) is 5.03 Å². The number of hydrogen-bond donors (Lipinski definition) is 2. The number of hydrogen-bond acceptors (Lipinski definition) is 4. The first-order chi connectivity index (χ1) is 10.0. The SMILES string of the molecule is CCn1cnc(S(=O)(=O)NC(CO)Cc2ccccc2)c1. The maximum Gasteiger partial charge on any atom is 0.259 e. The van der Waals surface area contributed by atoms with Crippen LogP contribution in [0.25, 0.3) is 0 Å². The first-order valence-corrected chi connectivity index (χ1v) is 8.22. The zero-order chi connectivity index (χ0) is 15.3. The summed E-state index contributed by atoms with van der Waals surface area (Å²) in [4.78, 5) is 3.88. The van der Waals surface area contributed by atoms with Crippen molar-refractivity contribution in [3.8, 4) is 0 Å². The highest BCUT2D eigenvalue weighted by molar-refractivity contribution is 7.89. The molecule has 0 spiro atoms. The third kappa shape index (κ3) is 4.13. The predicted molar refractivity (Wildman–Crippen MR) is 79.2 cm³/mol. The van der Waals surface area contributed by atoms with Crippen LogP contribution < -0.4 is 4.72 Å². The second kappa shape index (κ2) is 6.84. The third-order valence-corrected chi connectivity index (χ3v) is 4.52. The van der Waals surface area contributed by atoms with Crippen LogP contribution in [-0.2, 0) is 23.0 Å². The number of benzene rings is 1. The summed E-state index contributed by atoms with van der Waals surface area (Å²) in [5, 5.41) is 9.36. The van der Waals surface area contributed by atoms with Crippen LogP contribution in [0.1, 0.15) is 12.5 Å². The van der Waals surface area contributed by atoms with E-state index in [-0.39, 0.29) is 11.6 Å². The van der Waals surface area contributed by atoms with Crippen molar-refractivity contribution in [2.75, 3.05) is 6.61 Å². The average Bonchev–Trinajstić information content (AvgIpc) is 2.97. The summed E-state index contributed by atoms with van der Waals surface area (Å²) in [7, 11) is -3.72. The Hall–Kier alpha value is -1.70. The number of aliphatic hydroxyl groups is 1. The summed E-state index contributed by atoms with van der Waals surface area (Å²) in [6.07, 6.45) is 3.37. The van der Waals surface area contributed by atoms with Crippen LogP contribution in [0.15, 0.2) is 47.9 Å². The molecule has 1 heterocycles. The summed E-state index contributed by atoms with van der Waals surface area (Å²) in [6, 6.07) is 8.84. The Labute approximate surface area is 124 Å². The smallest absolute Gasteiger partial charge is 0.259 e. The molecule has 0 radical (unpaired) electrons. The maximum atomic E-state index is 12.2. The standard InChI is InChI=1S/C14H19N3O3S/c1-2-17-9-14(15-11-17)21(19,20)16-13(10-18)8-12-6-4-3-5-7-12/h3-7,9,11,13,16,18H,2,8,10H2,1H3. The lowest BCUT2D eigenvalue weighted by Gasteiger charge is -2.15. The van der Waals surface area contributed by atoms with Gasteiger partial charge in [-0.2, -0.15) is 0 Å². The van der Waals surface area contributed by atoms with Crippen LogP contribution in [0.3, 0.4) is 0 Å². The topological polar surface area (TPSA) is 84.2 Å². The van der Waals surface area contributed by atoms with Crippen LogP contribution in [0, 0.1) is 0 Å². The van der Waals surface area contributed by atoms with Gasteiger partial charge in [0, 0.05) is 18.8 Å². The molecule has 7 heteroatoms. The fourth-order valence-corrected chi connectivity index (χ4v) is 3.15. The molecule has 1 atom stereocenters. The Kier molecular flexibility index (Phi) is 5.11. The maximum absolute atomic E-state index is 12.2. The minimum Gasteiger partial charge on any atom is -0.395 e. The third-order valence-electron chi connectivity index (χ3n) is 3.12. The molecule has 0 aliphatic rings. The van der Waals surface area contributed by atoms with Crippen molar-refractivity contribution in [1.82, 2.24) is 14.3 Å². The highest BCUT2D eigenvalue weighted by Gasteiger charge is 2.22. The van der Waals surface area contributed by atoms with E-state index < -0.39 is 16.1 Å². The van der Waals surface area contributed by atoms with E-state index in [0.717, 1.165) is 5.56 Å². The van der Waals surface area contributed by atoms with E-state index in [1.807, 2.05) is 37.3 Å². The summed E-state index contributed by atoms with van der Waals surface area (Å²) in [5.74, 6) is 0. The van der Waals surface area contributed by atoms with Crippen LogP contribution in [0.2, 0.25) is 0 Å². The lowest BCUT2D eigenvalue weighted by Crippen LogP contribution is -2.39. The number of imidazole rings is 1. The molecule has 6 nitrogen and oxygen atoms in total.